The fourth-order valence-corrected chi connectivity index (χ4v) is 9.66. The fraction of sp³-hybridized carbons (Fsp3) is 0.442. The van der Waals surface area contributed by atoms with E-state index in [1.54, 1.807) is 7.11 Å². The highest BCUT2D eigenvalue weighted by Gasteiger charge is 2.50. The number of amides is 1. The maximum absolute atomic E-state index is 14.8. The summed E-state index contributed by atoms with van der Waals surface area (Å²) in [6.45, 7) is 1.54. The van der Waals surface area contributed by atoms with Crippen LogP contribution in [-0.2, 0) is 35.3 Å². The molecule has 4 aromatic rings. The molecule has 0 unspecified atom stereocenters. The summed E-state index contributed by atoms with van der Waals surface area (Å²) in [7, 11) is 2.95. The lowest BCUT2D eigenvalue weighted by Crippen LogP contribution is -2.56. The van der Waals surface area contributed by atoms with Crippen LogP contribution < -0.4 is 25.4 Å². The molecule has 9 rings (SSSR count). The molecule has 2 atom stereocenters. The molecule has 0 radical (unpaired) electrons. The van der Waals surface area contributed by atoms with Gasteiger partial charge in [0, 0.05) is 66.9 Å². The zero-order valence-electron chi connectivity index (χ0n) is 32.3. The first-order chi connectivity index (χ1) is 27.9. The molecule has 1 amide bonds. The van der Waals surface area contributed by atoms with E-state index in [2.05, 4.69) is 20.9 Å². The molecule has 15 heteroatoms. The second kappa shape index (κ2) is 16.0. The number of alkyl halides is 3. The molecular weight excluding hydrogens is 773 g/mol. The average Bonchev–Trinajstić information content (AvgIpc) is 3.83. The molecule has 58 heavy (non-hydrogen) atoms. The van der Waals surface area contributed by atoms with E-state index in [-0.39, 0.29) is 48.3 Å². The molecule has 2 bridgehead atoms. The minimum absolute atomic E-state index is 0.0706. The van der Waals surface area contributed by atoms with Gasteiger partial charge in [-0.3, -0.25) is 14.5 Å². The number of methoxy groups -OCH3 is 2. The van der Waals surface area contributed by atoms with E-state index in [9.17, 15) is 27.9 Å². The van der Waals surface area contributed by atoms with Gasteiger partial charge in [0.15, 0.2) is 0 Å². The normalized spacial score (nSPS) is 22.8. The van der Waals surface area contributed by atoms with Crippen molar-refractivity contribution in [2.24, 2.45) is 5.41 Å². The van der Waals surface area contributed by atoms with Crippen molar-refractivity contribution in [1.29, 1.82) is 0 Å². The number of aliphatic carboxylic acids is 1. The van der Waals surface area contributed by atoms with Crippen LogP contribution in [0.2, 0.25) is 5.02 Å². The van der Waals surface area contributed by atoms with Gasteiger partial charge in [-0.15, -0.1) is 0 Å². The van der Waals surface area contributed by atoms with Gasteiger partial charge in [-0.1, -0.05) is 54.1 Å². The Bertz CT molecular complexity index is 2230. The lowest BCUT2D eigenvalue weighted by molar-refractivity contribution is -0.160. The van der Waals surface area contributed by atoms with Gasteiger partial charge in [0.1, 0.15) is 5.82 Å². The van der Waals surface area contributed by atoms with Gasteiger partial charge < -0.3 is 30.5 Å². The van der Waals surface area contributed by atoms with E-state index in [1.807, 2.05) is 53.4 Å². The number of fused-ring (bicyclic) bond motifs is 4. The lowest BCUT2D eigenvalue weighted by atomic mass is 9.67. The van der Waals surface area contributed by atoms with Crippen LogP contribution in [0.4, 0.5) is 19.0 Å². The van der Waals surface area contributed by atoms with Crippen molar-refractivity contribution >= 4 is 29.3 Å². The molecular formula is C43H46ClF3N6O5. The van der Waals surface area contributed by atoms with Gasteiger partial charge in [0.25, 0.3) is 0 Å². The number of hydrogen-bond acceptors (Lipinski definition) is 9. The molecule has 5 aliphatic rings. The predicted octanol–water partition coefficient (Wildman–Crippen LogP) is 7.80. The Morgan fingerprint density at radius 1 is 0.966 bits per heavy atom. The minimum Gasteiger partial charge on any atom is -0.481 e. The molecule has 3 saturated heterocycles. The molecule has 0 spiro atoms. The smallest absolute Gasteiger partial charge is 0.419 e. The third-order valence-electron chi connectivity index (χ3n) is 12.4. The summed E-state index contributed by atoms with van der Waals surface area (Å²) >= 11 is 7.16. The van der Waals surface area contributed by atoms with E-state index in [1.165, 1.54) is 7.11 Å². The van der Waals surface area contributed by atoms with Crippen molar-refractivity contribution in [3.63, 3.8) is 0 Å². The molecule has 2 aromatic carbocycles. The number of nitrogens with zero attached hydrogens (tertiary/aromatic N) is 3. The Morgan fingerprint density at radius 3 is 2.40 bits per heavy atom. The van der Waals surface area contributed by atoms with Crippen LogP contribution in [0.3, 0.4) is 0 Å². The Morgan fingerprint density at radius 2 is 1.69 bits per heavy atom. The number of ether oxygens (including phenoxy) is 2. The number of aromatic nitrogens is 2. The number of nitrogens with one attached hydrogen (secondary N) is 3. The van der Waals surface area contributed by atoms with E-state index in [0.717, 1.165) is 40.3 Å². The van der Waals surface area contributed by atoms with E-state index in [0.29, 0.717) is 80.2 Å². The van der Waals surface area contributed by atoms with E-state index in [4.69, 9.17) is 26.1 Å². The number of carboxylic acid groups (broad SMARTS) is 1. The average molecular weight is 819 g/mol. The summed E-state index contributed by atoms with van der Waals surface area (Å²) in [5.41, 5.74) is 4.18. The Hall–Kier alpha value is -4.92. The number of hydrogen-bond donors (Lipinski definition) is 4. The van der Waals surface area contributed by atoms with Gasteiger partial charge >= 0.3 is 12.1 Å². The fourth-order valence-electron chi connectivity index (χ4n) is 9.34. The van der Waals surface area contributed by atoms with Crippen LogP contribution in [0.5, 0.6) is 11.8 Å². The summed E-state index contributed by atoms with van der Waals surface area (Å²) < 4.78 is 55.6. The largest absolute Gasteiger partial charge is 0.481 e. The van der Waals surface area contributed by atoms with Crippen molar-refractivity contribution in [3.05, 3.63) is 87.4 Å². The topological polar surface area (TPSA) is 138 Å². The number of anilines is 1. The molecule has 1 saturated carbocycles. The van der Waals surface area contributed by atoms with Crippen molar-refractivity contribution in [3.8, 4) is 34.1 Å². The number of pyridine rings is 2. The highest BCUT2D eigenvalue weighted by atomic mass is 35.5. The quantitative estimate of drug-likeness (QED) is 0.106. The van der Waals surface area contributed by atoms with Crippen molar-refractivity contribution < 1.29 is 37.3 Å². The number of halogens is 4. The van der Waals surface area contributed by atoms with Crippen LogP contribution in [0.25, 0.3) is 22.4 Å². The first kappa shape index (κ1) is 39.9. The van der Waals surface area contributed by atoms with Crippen LogP contribution in [0.15, 0.2) is 54.6 Å². The second-order valence-electron chi connectivity index (χ2n) is 15.8. The molecule has 2 aliphatic carbocycles. The second-order valence-corrected chi connectivity index (χ2v) is 16.2. The monoisotopic (exact) mass is 818 g/mol. The van der Waals surface area contributed by atoms with Crippen LogP contribution >= 0.6 is 11.6 Å². The number of carbonyl (C=O) groups is 2. The first-order valence-electron chi connectivity index (χ1n) is 19.7. The molecule has 5 heterocycles. The summed E-state index contributed by atoms with van der Waals surface area (Å²) in [5.74, 6) is -0.570. The highest BCUT2D eigenvalue weighted by molar-refractivity contribution is 6.36. The third-order valence-corrected chi connectivity index (χ3v) is 12.8. The lowest BCUT2D eigenvalue weighted by Gasteiger charge is -2.50. The number of carboxylic acids is 1. The SMILES string of the molecule is COc1nc(-c2cccc(-c3cccc4c3CC[C@@H]4Nc3nc(OC)c(CN4CC5(C(=O)O)CCC4CC5)cc3C(F)(F)F)c2Cl)ccc1CNC[C@@H]1CCC(=O)N1. The number of carbonyl (C=O) groups excluding carboxylic acids is 1. The molecule has 2 aromatic heterocycles. The Labute approximate surface area is 339 Å². The Kier molecular flexibility index (Phi) is 11.0. The summed E-state index contributed by atoms with van der Waals surface area (Å²) in [6, 6.07) is 16.2. The highest BCUT2D eigenvalue weighted by Crippen LogP contribution is 2.48. The van der Waals surface area contributed by atoms with Gasteiger partial charge in [0.2, 0.25) is 17.7 Å². The number of rotatable bonds is 13. The molecule has 4 fully saturated rings. The van der Waals surface area contributed by atoms with Gasteiger partial charge in [-0.25, -0.2) is 4.98 Å². The van der Waals surface area contributed by atoms with E-state index >= 15 is 0 Å². The molecule has 3 aliphatic heterocycles. The molecule has 306 valence electrons. The van der Waals surface area contributed by atoms with Crippen molar-refractivity contribution in [2.75, 3.05) is 32.6 Å². The summed E-state index contributed by atoms with van der Waals surface area (Å²) in [4.78, 5) is 34.9. The van der Waals surface area contributed by atoms with Crippen molar-refractivity contribution in [1.82, 2.24) is 25.5 Å². The van der Waals surface area contributed by atoms with Crippen LogP contribution in [-0.4, -0.2) is 71.2 Å². The third kappa shape index (κ3) is 7.69. The van der Waals surface area contributed by atoms with Gasteiger partial charge in [-0.05, 0) is 73.8 Å². The maximum Gasteiger partial charge on any atom is 0.419 e. The van der Waals surface area contributed by atoms with Crippen LogP contribution in [0, 0.1) is 5.41 Å². The van der Waals surface area contributed by atoms with Gasteiger partial charge in [-0.2, -0.15) is 18.2 Å². The summed E-state index contributed by atoms with van der Waals surface area (Å²) in [5, 5.41) is 19.9. The maximum atomic E-state index is 14.8. The van der Waals surface area contributed by atoms with Gasteiger partial charge in [0.05, 0.1) is 42.0 Å². The zero-order valence-corrected chi connectivity index (χ0v) is 33.1. The van der Waals surface area contributed by atoms with E-state index < -0.39 is 29.2 Å². The van der Waals surface area contributed by atoms with Crippen LogP contribution in [0.1, 0.15) is 78.8 Å². The Balaban J connectivity index is 1.03. The standard InChI is InChI=1S/C43H46ClF3N6O5/c1-57-39-24(20-48-21-26-10-14-36(54)49-26)9-12-35(51-39)32-8-4-7-31(37(32)44)28-5-3-6-30-29(28)11-13-34(30)50-38-33(43(45,46)47)19-25(40(52-38)58-2)22-53-23-42(41(55)56)17-15-27(53)16-18-42/h3-9,12,19,26-27,34,48H,10-11,13-18,20-23H2,1-2H3,(H,49,54)(H,50,52)(H,55,56)/t26-,27?,34-,42?/m0/s1. The predicted molar refractivity (Wildman–Crippen MR) is 213 cm³/mol. The first-order valence-corrected chi connectivity index (χ1v) is 20.1. The molecule has 4 N–H and O–H groups in total. The minimum atomic E-state index is -4.71. The molecule has 11 nitrogen and oxygen atoms in total. The number of piperidine rings is 2. The number of benzene rings is 2. The summed E-state index contributed by atoms with van der Waals surface area (Å²) in [6.07, 6.45) is 0.276. The zero-order chi connectivity index (χ0) is 40.8. The van der Waals surface area contributed by atoms with Crippen molar-refractivity contribution in [2.45, 2.75) is 88.8 Å².